The number of hydrogen-bond donors (Lipinski definition) is 2. The molecule has 0 spiro atoms. The van der Waals surface area contributed by atoms with Gasteiger partial charge in [-0.25, -0.2) is 0 Å². The number of rotatable bonds is 17. The molecule has 164 valence electrons. The van der Waals surface area contributed by atoms with Gasteiger partial charge in [-0.2, -0.15) is 0 Å². The molecule has 0 aliphatic heterocycles. The van der Waals surface area contributed by atoms with Crippen LogP contribution in [0.4, 0.5) is 0 Å². The number of unbranched alkanes of at least 4 members (excludes halogenated alkanes) is 9. The molecule has 0 radical (unpaired) electrons. The Labute approximate surface area is 178 Å². The molecule has 2 N–H and O–H groups in total. The smallest absolute Gasteiger partial charge is 0.242 e. The van der Waals surface area contributed by atoms with Gasteiger partial charge in [-0.15, -0.1) is 0 Å². The molecule has 29 heavy (non-hydrogen) atoms. The molecule has 1 aromatic carbocycles. The van der Waals surface area contributed by atoms with Gasteiger partial charge in [0.1, 0.15) is 6.04 Å². The first kappa shape index (κ1) is 25.2. The molecule has 4 heteroatoms. The third-order valence-electron chi connectivity index (χ3n) is 5.27. The first-order valence-electron chi connectivity index (χ1n) is 11.8. The fourth-order valence-electron chi connectivity index (χ4n) is 3.43. The summed E-state index contributed by atoms with van der Waals surface area (Å²) in [6.45, 7) is 5.00. The first-order chi connectivity index (χ1) is 14.2. The van der Waals surface area contributed by atoms with Crippen molar-refractivity contribution < 1.29 is 9.59 Å². The Morgan fingerprint density at radius 2 is 1.38 bits per heavy atom. The molecule has 0 heterocycles. The summed E-state index contributed by atoms with van der Waals surface area (Å²) >= 11 is 0. The van der Waals surface area contributed by atoms with Gasteiger partial charge in [0.05, 0.1) is 0 Å². The standard InChI is InChI=1S/C25H42N2O2/c1-3-5-7-8-9-10-11-12-16-19-24(28)27-23(25(29)26-20-6-4-2)21-22-17-14-13-15-18-22/h13-15,17-18,23H,3-12,16,19-21H2,1-2H3,(H,26,29)(H,27,28)/t23-/m0/s1. The summed E-state index contributed by atoms with van der Waals surface area (Å²) in [7, 11) is 0. The molecule has 4 nitrogen and oxygen atoms in total. The van der Waals surface area contributed by atoms with Crippen LogP contribution in [0.25, 0.3) is 0 Å². The lowest BCUT2D eigenvalue weighted by atomic mass is 10.0. The molecule has 1 rings (SSSR count). The van der Waals surface area contributed by atoms with E-state index in [9.17, 15) is 9.59 Å². The largest absolute Gasteiger partial charge is 0.354 e. The molecular weight excluding hydrogens is 360 g/mol. The molecule has 0 aliphatic rings. The van der Waals surface area contributed by atoms with Crippen molar-refractivity contribution in [2.24, 2.45) is 0 Å². The summed E-state index contributed by atoms with van der Waals surface area (Å²) < 4.78 is 0. The lowest BCUT2D eigenvalue weighted by molar-refractivity contribution is -0.129. The van der Waals surface area contributed by atoms with E-state index in [1.807, 2.05) is 30.3 Å². The second-order valence-corrected chi connectivity index (χ2v) is 8.03. The summed E-state index contributed by atoms with van der Waals surface area (Å²) in [5, 5.41) is 5.93. The van der Waals surface area contributed by atoms with Gasteiger partial charge in [0, 0.05) is 19.4 Å². The Kier molecular flexibility index (Phi) is 14.8. The molecule has 0 unspecified atom stereocenters. The fourth-order valence-corrected chi connectivity index (χ4v) is 3.43. The van der Waals surface area contributed by atoms with Gasteiger partial charge in [0.15, 0.2) is 0 Å². The van der Waals surface area contributed by atoms with Crippen molar-refractivity contribution in [3.8, 4) is 0 Å². The Morgan fingerprint density at radius 3 is 2.00 bits per heavy atom. The molecule has 0 saturated heterocycles. The predicted octanol–water partition coefficient (Wildman–Crippen LogP) is 5.55. The highest BCUT2D eigenvalue weighted by atomic mass is 16.2. The Balaban J connectivity index is 2.33. The van der Waals surface area contributed by atoms with Crippen LogP contribution in [0.3, 0.4) is 0 Å². The minimum absolute atomic E-state index is 0.0143. The Bertz CT molecular complexity index is 545. The van der Waals surface area contributed by atoms with E-state index < -0.39 is 6.04 Å². The van der Waals surface area contributed by atoms with Crippen LogP contribution < -0.4 is 10.6 Å². The summed E-state index contributed by atoms with van der Waals surface area (Å²) in [5.41, 5.74) is 1.06. The highest BCUT2D eigenvalue weighted by Gasteiger charge is 2.20. The topological polar surface area (TPSA) is 58.2 Å². The highest BCUT2D eigenvalue weighted by molar-refractivity contribution is 5.87. The Hall–Kier alpha value is -1.84. The zero-order valence-electron chi connectivity index (χ0n) is 18.7. The van der Waals surface area contributed by atoms with Gasteiger partial charge in [-0.05, 0) is 18.4 Å². The fraction of sp³-hybridized carbons (Fsp3) is 0.680. The van der Waals surface area contributed by atoms with Crippen LogP contribution in [0.1, 0.15) is 96.5 Å². The number of carbonyl (C=O) groups is 2. The molecule has 1 aromatic rings. The highest BCUT2D eigenvalue weighted by Crippen LogP contribution is 2.11. The minimum Gasteiger partial charge on any atom is -0.354 e. The summed E-state index contributed by atoms with van der Waals surface area (Å²) in [6, 6.07) is 9.39. The van der Waals surface area contributed by atoms with Crippen molar-refractivity contribution in [2.45, 2.75) is 103 Å². The average molecular weight is 403 g/mol. The maximum absolute atomic E-state index is 12.6. The van der Waals surface area contributed by atoms with E-state index >= 15 is 0 Å². The maximum atomic E-state index is 12.6. The molecule has 0 bridgehead atoms. The first-order valence-corrected chi connectivity index (χ1v) is 11.8. The van der Waals surface area contributed by atoms with Crippen LogP contribution in [-0.2, 0) is 16.0 Å². The maximum Gasteiger partial charge on any atom is 0.242 e. The van der Waals surface area contributed by atoms with Gasteiger partial charge < -0.3 is 10.6 Å². The Morgan fingerprint density at radius 1 is 0.793 bits per heavy atom. The lowest BCUT2D eigenvalue weighted by Crippen LogP contribution is -2.48. The average Bonchev–Trinajstić information content (AvgIpc) is 2.73. The van der Waals surface area contributed by atoms with Gasteiger partial charge in [-0.1, -0.05) is 102 Å². The van der Waals surface area contributed by atoms with Crippen LogP contribution in [0.15, 0.2) is 30.3 Å². The van der Waals surface area contributed by atoms with E-state index in [0.29, 0.717) is 19.4 Å². The van der Waals surface area contributed by atoms with E-state index in [2.05, 4.69) is 24.5 Å². The molecule has 0 saturated carbocycles. The van der Waals surface area contributed by atoms with Crippen molar-refractivity contribution in [1.82, 2.24) is 10.6 Å². The number of carbonyl (C=O) groups excluding carboxylic acids is 2. The molecule has 0 fully saturated rings. The minimum atomic E-state index is -0.500. The number of amides is 2. The summed E-state index contributed by atoms with van der Waals surface area (Å²) in [4.78, 5) is 24.9. The summed E-state index contributed by atoms with van der Waals surface area (Å²) in [6.07, 6.45) is 14.1. The van der Waals surface area contributed by atoms with Crippen molar-refractivity contribution >= 4 is 11.8 Å². The zero-order chi connectivity index (χ0) is 21.2. The molecule has 0 aromatic heterocycles. The van der Waals surface area contributed by atoms with E-state index in [-0.39, 0.29) is 11.8 Å². The van der Waals surface area contributed by atoms with Crippen molar-refractivity contribution in [3.63, 3.8) is 0 Å². The number of benzene rings is 1. The van der Waals surface area contributed by atoms with Crippen LogP contribution in [0, 0.1) is 0 Å². The van der Waals surface area contributed by atoms with Crippen LogP contribution in [0.5, 0.6) is 0 Å². The van der Waals surface area contributed by atoms with Crippen LogP contribution >= 0.6 is 0 Å². The summed E-state index contributed by atoms with van der Waals surface area (Å²) in [5.74, 6) is -0.0951. The number of nitrogens with one attached hydrogen (secondary N) is 2. The zero-order valence-corrected chi connectivity index (χ0v) is 18.7. The van der Waals surface area contributed by atoms with E-state index in [0.717, 1.165) is 31.2 Å². The van der Waals surface area contributed by atoms with Gasteiger partial charge in [0.2, 0.25) is 11.8 Å². The third-order valence-corrected chi connectivity index (χ3v) is 5.27. The monoisotopic (exact) mass is 402 g/mol. The third kappa shape index (κ3) is 13.1. The molecular formula is C25H42N2O2. The molecule has 0 aliphatic carbocycles. The van der Waals surface area contributed by atoms with E-state index in [1.165, 1.54) is 44.9 Å². The van der Waals surface area contributed by atoms with Crippen molar-refractivity contribution in [2.75, 3.05) is 6.54 Å². The van der Waals surface area contributed by atoms with Crippen LogP contribution in [-0.4, -0.2) is 24.4 Å². The lowest BCUT2D eigenvalue weighted by Gasteiger charge is -2.19. The van der Waals surface area contributed by atoms with Crippen LogP contribution in [0.2, 0.25) is 0 Å². The molecule has 2 amide bonds. The normalized spacial score (nSPS) is 11.8. The SMILES string of the molecule is CCCCCCCCCCCC(=O)N[C@@H](Cc1ccccc1)C(=O)NCCCC. The molecule has 1 atom stereocenters. The quantitative estimate of drug-likeness (QED) is 0.336. The van der Waals surface area contributed by atoms with Gasteiger partial charge in [0.25, 0.3) is 0 Å². The van der Waals surface area contributed by atoms with Crippen molar-refractivity contribution in [3.05, 3.63) is 35.9 Å². The van der Waals surface area contributed by atoms with Crippen molar-refractivity contribution in [1.29, 1.82) is 0 Å². The van der Waals surface area contributed by atoms with E-state index in [1.54, 1.807) is 0 Å². The second kappa shape index (κ2) is 17.1. The van der Waals surface area contributed by atoms with E-state index in [4.69, 9.17) is 0 Å². The van der Waals surface area contributed by atoms with Gasteiger partial charge in [-0.3, -0.25) is 9.59 Å². The second-order valence-electron chi connectivity index (χ2n) is 8.03. The number of hydrogen-bond acceptors (Lipinski definition) is 2. The van der Waals surface area contributed by atoms with Gasteiger partial charge >= 0.3 is 0 Å². The predicted molar refractivity (Wildman–Crippen MR) is 122 cm³/mol.